The zero-order valence-electron chi connectivity index (χ0n) is 16.1. The second-order valence-electron chi connectivity index (χ2n) is 7.27. The van der Waals surface area contributed by atoms with Gasteiger partial charge in [-0.1, -0.05) is 12.1 Å². The summed E-state index contributed by atoms with van der Waals surface area (Å²) in [6, 6.07) is 9.45. The van der Waals surface area contributed by atoms with E-state index in [-0.39, 0.29) is 19.2 Å². The highest BCUT2D eigenvalue weighted by Crippen LogP contribution is 2.33. The van der Waals surface area contributed by atoms with Crippen molar-refractivity contribution in [3.8, 4) is 11.5 Å². The summed E-state index contributed by atoms with van der Waals surface area (Å²) in [5, 5.41) is 2.67. The lowest BCUT2D eigenvalue weighted by Crippen LogP contribution is -2.47. The molecule has 8 nitrogen and oxygen atoms in total. The van der Waals surface area contributed by atoms with E-state index in [4.69, 9.17) is 15.2 Å². The first-order valence-electron chi connectivity index (χ1n) is 9.23. The van der Waals surface area contributed by atoms with E-state index >= 15 is 0 Å². The van der Waals surface area contributed by atoms with Gasteiger partial charge in [0.2, 0.25) is 12.7 Å². The summed E-state index contributed by atoms with van der Waals surface area (Å²) in [5.41, 5.74) is 8.44. The average Bonchev–Trinajstić information content (AvgIpc) is 3.28. The summed E-state index contributed by atoms with van der Waals surface area (Å²) in [7, 11) is 0. The second kappa shape index (κ2) is 7.12. The van der Waals surface area contributed by atoms with Crippen molar-refractivity contribution in [2.75, 3.05) is 18.2 Å². The van der Waals surface area contributed by atoms with Gasteiger partial charge in [0.05, 0.1) is 5.92 Å². The minimum atomic E-state index is -1.04. The fourth-order valence-corrected chi connectivity index (χ4v) is 3.64. The van der Waals surface area contributed by atoms with Gasteiger partial charge in [0.25, 0.3) is 11.8 Å². The third kappa shape index (κ3) is 3.37. The van der Waals surface area contributed by atoms with Crippen molar-refractivity contribution in [1.82, 2.24) is 5.32 Å². The Morgan fingerprint density at radius 2 is 1.86 bits per heavy atom. The van der Waals surface area contributed by atoms with Gasteiger partial charge in [0.15, 0.2) is 11.5 Å². The molecule has 8 heteroatoms. The predicted octanol–water partition coefficient (Wildman–Crippen LogP) is 1.28. The lowest BCUT2D eigenvalue weighted by Gasteiger charge is -2.20. The summed E-state index contributed by atoms with van der Waals surface area (Å²) >= 11 is 0. The molecule has 1 saturated heterocycles. The SMILES string of the molecule is Cc1ccc(C)c(N2CC(C(N)=O)C(NC(=O)c3ccc4c(c3)OCO4)C2=O)c1. The fraction of sp³-hybridized carbons (Fsp3) is 0.286. The first-order valence-corrected chi connectivity index (χ1v) is 9.23. The van der Waals surface area contributed by atoms with E-state index in [2.05, 4.69) is 5.32 Å². The van der Waals surface area contributed by atoms with Gasteiger partial charge >= 0.3 is 0 Å². The van der Waals surface area contributed by atoms with Crippen LogP contribution in [0.2, 0.25) is 0 Å². The molecule has 150 valence electrons. The van der Waals surface area contributed by atoms with Crippen LogP contribution < -0.4 is 25.4 Å². The number of fused-ring (bicyclic) bond motifs is 1. The third-order valence-corrected chi connectivity index (χ3v) is 5.26. The van der Waals surface area contributed by atoms with Crippen LogP contribution in [-0.2, 0) is 9.59 Å². The Labute approximate surface area is 167 Å². The maximum Gasteiger partial charge on any atom is 0.252 e. The number of primary amides is 1. The Morgan fingerprint density at radius 1 is 1.10 bits per heavy atom. The van der Waals surface area contributed by atoms with Crippen molar-refractivity contribution >= 4 is 23.4 Å². The summed E-state index contributed by atoms with van der Waals surface area (Å²) in [6.07, 6.45) is 0. The molecule has 2 aliphatic rings. The fourth-order valence-electron chi connectivity index (χ4n) is 3.64. The van der Waals surface area contributed by atoms with E-state index in [9.17, 15) is 14.4 Å². The van der Waals surface area contributed by atoms with Gasteiger partial charge in [-0.2, -0.15) is 0 Å². The zero-order chi connectivity index (χ0) is 20.7. The first kappa shape index (κ1) is 18.8. The van der Waals surface area contributed by atoms with Crippen LogP contribution in [0.15, 0.2) is 36.4 Å². The Hall–Kier alpha value is -3.55. The number of anilines is 1. The highest BCUT2D eigenvalue weighted by molar-refractivity contribution is 6.08. The van der Waals surface area contributed by atoms with Crippen molar-refractivity contribution < 1.29 is 23.9 Å². The maximum absolute atomic E-state index is 13.1. The number of amides is 3. The molecule has 2 atom stereocenters. The smallest absolute Gasteiger partial charge is 0.252 e. The zero-order valence-corrected chi connectivity index (χ0v) is 16.1. The number of nitrogens with two attached hydrogens (primary N) is 1. The highest BCUT2D eigenvalue weighted by Gasteiger charge is 2.45. The molecule has 3 N–H and O–H groups in total. The van der Waals surface area contributed by atoms with Gasteiger partial charge in [0.1, 0.15) is 6.04 Å². The van der Waals surface area contributed by atoms with E-state index < -0.39 is 23.8 Å². The van der Waals surface area contributed by atoms with Gasteiger partial charge in [-0.05, 0) is 49.2 Å². The molecule has 0 spiro atoms. The van der Waals surface area contributed by atoms with Gasteiger partial charge in [-0.15, -0.1) is 0 Å². The number of carbonyl (C=O) groups is 3. The molecule has 0 radical (unpaired) electrons. The van der Waals surface area contributed by atoms with Gasteiger partial charge < -0.3 is 25.4 Å². The largest absolute Gasteiger partial charge is 0.454 e. The van der Waals surface area contributed by atoms with Crippen LogP contribution in [0, 0.1) is 19.8 Å². The van der Waals surface area contributed by atoms with Crippen LogP contribution >= 0.6 is 0 Å². The average molecular weight is 395 g/mol. The summed E-state index contributed by atoms with van der Waals surface area (Å²) in [5.74, 6) is -1.32. The molecule has 2 aromatic carbocycles. The number of carbonyl (C=O) groups excluding carboxylic acids is 3. The Kier molecular flexibility index (Phi) is 4.62. The molecule has 0 aromatic heterocycles. The van der Waals surface area contributed by atoms with E-state index in [1.165, 1.54) is 4.90 Å². The van der Waals surface area contributed by atoms with Crippen molar-refractivity contribution in [1.29, 1.82) is 0 Å². The Bertz CT molecular complexity index is 1020. The number of ether oxygens (including phenoxy) is 2. The number of hydrogen-bond donors (Lipinski definition) is 2. The molecular formula is C21H21N3O5. The minimum absolute atomic E-state index is 0.0933. The molecular weight excluding hydrogens is 374 g/mol. The molecule has 2 unspecified atom stereocenters. The molecule has 0 aliphatic carbocycles. The number of aryl methyl sites for hydroxylation is 2. The third-order valence-electron chi connectivity index (χ3n) is 5.26. The molecule has 4 rings (SSSR count). The molecule has 3 amide bonds. The molecule has 0 bridgehead atoms. The second-order valence-corrected chi connectivity index (χ2v) is 7.27. The van der Waals surface area contributed by atoms with Crippen molar-refractivity contribution in [2.24, 2.45) is 11.7 Å². The molecule has 2 aliphatic heterocycles. The van der Waals surface area contributed by atoms with E-state index in [1.54, 1.807) is 18.2 Å². The number of nitrogens with one attached hydrogen (secondary N) is 1. The van der Waals surface area contributed by atoms with Crippen LogP contribution in [0.1, 0.15) is 21.5 Å². The first-order chi connectivity index (χ1) is 13.8. The van der Waals surface area contributed by atoms with Crippen LogP contribution in [-0.4, -0.2) is 37.1 Å². The Balaban J connectivity index is 1.60. The highest BCUT2D eigenvalue weighted by atomic mass is 16.7. The van der Waals surface area contributed by atoms with Crippen LogP contribution in [0.4, 0.5) is 5.69 Å². The molecule has 1 fully saturated rings. The van der Waals surface area contributed by atoms with Crippen molar-refractivity contribution in [3.63, 3.8) is 0 Å². The molecule has 0 saturated carbocycles. The van der Waals surface area contributed by atoms with E-state index in [0.717, 1.165) is 11.1 Å². The van der Waals surface area contributed by atoms with Crippen LogP contribution in [0.3, 0.4) is 0 Å². The van der Waals surface area contributed by atoms with Crippen molar-refractivity contribution in [2.45, 2.75) is 19.9 Å². The number of benzene rings is 2. The van der Waals surface area contributed by atoms with Crippen molar-refractivity contribution in [3.05, 3.63) is 53.1 Å². The minimum Gasteiger partial charge on any atom is -0.454 e. The summed E-state index contributed by atoms with van der Waals surface area (Å²) in [4.78, 5) is 39.4. The van der Waals surface area contributed by atoms with Crippen LogP contribution in [0.25, 0.3) is 0 Å². The van der Waals surface area contributed by atoms with Gasteiger partial charge in [-0.25, -0.2) is 0 Å². The molecule has 29 heavy (non-hydrogen) atoms. The van der Waals surface area contributed by atoms with Gasteiger partial charge in [-0.3, -0.25) is 14.4 Å². The Morgan fingerprint density at radius 3 is 2.62 bits per heavy atom. The molecule has 2 heterocycles. The summed E-state index contributed by atoms with van der Waals surface area (Å²) in [6.45, 7) is 4.02. The van der Waals surface area contributed by atoms with Crippen LogP contribution in [0.5, 0.6) is 11.5 Å². The maximum atomic E-state index is 13.1. The quantitative estimate of drug-likeness (QED) is 0.810. The standard InChI is InChI=1S/C21H21N3O5/c1-11-3-4-12(2)15(7-11)24-9-14(19(22)25)18(21(24)27)23-20(26)13-5-6-16-17(8-13)29-10-28-16/h3-8,14,18H,9-10H2,1-2H3,(H2,22,25)(H,23,26). The number of rotatable bonds is 4. The number of hydrogen-bond acceptors (Lipinski definition) is 5. The summed E-state index contributed by atoms with van der Waals surface area (Å²) < 4.78 is 10.5. The van der Waals surface area contributed by atoms with E-state index in [1.807, 2.05) is 32.0 Å². The lowest BCUT2D eigenvalue weighted by atomic mass is 10.0. The monoisotopic (exact) mass is 395 g/mol. The predicted molar refractivity (Wildman–Crippen MR) is 105 cm³/mol. The lowest BCUT2D eigenvalue weighted by molar-refractivity contribution is -0.125. The normalized spacial score (nSPS) is 20.1. The van der Waals surface area contributed by atoms with Gasteiger partial charge in [0, 0.05) is 17.8 Å². The topological polar surface area (TPSA) is 111 Å². The van der Waals surface area contributed by atoms with E-state index in [0.29, 0.717) is 22.7 Å². The number of nitrogens with zero attached hydrogens (tertiary/aromatic N) is 1. The molecule has 2 aromatic rings.